The van der Waals surface area contributed by atoms with Crippen LogP contribution in [0.3, 0.4) is 0 Å². The van der Waals surface area contributed by atoms with Gasteiger partial charge < -0.3 is 30.1 Å². The molecule has 0 bridgehead atoms. The molecule has 5 heterocycles. The lowest BCUT2D eigenvalue weighted by atomic mass is 9.93. The van der Waals surface area contributed by atoms with Gasteiger partial charge in [-0.15, -0.1) is 5.10 Å². The van der Waals surface area contributed by atoms with Gasteiger partial charge in [0.15, 0.2) is 5.82 Å². The Hall–Kier alpha value is -7.39. The van der Waals surface area contributed by atoms with Crippen LogP contribution in [0.2, 0.25) is 0 Å². The first kappa shape index (κ1) is 41.9. The number of piperidine rings is 1. The Morgan fingerprint density at radius 1 is 0.875 bits per heavy atom. The van der Waals surface area contributed by atoms with E-state index in [1.54, 1.807) is 25.4 Å². The molecule has 1 saturated heterocycles. The maximum atomic E-state index is 14.3. The number of aryl methyl sites for hydroxylation is 1. The molecule has 64 heavy (non-hydrogen) atoms. The number of aromatic nitrogens is 7. The summed E-state index contributed by atoms with van der Waals surface area (Å²) in [5.74, 6) is 0.320. The zero-order valence-electron chi connectivity index (χ0n) is 35.6. The van der Waals surface area contributed by atoms with Crippen LogP contribution >= 0.6 is 11.8 Å². The standard InChI is InChI=1S/C49H47N9O5S/c1-30(2)38-28-39(44(60)29-43(38)59)46-52-53-48(62)57(46)34-12-16-41-32(26-34)20-25-55(41)22-17-31-18-23-56(24-19-31)49(63)58-42-27-35(64-45-10-5-4-9-37(45)47(61)50-3)13-14-36(42)40(54-58)15-11-33-8-6-7-21-51-33/h4-16,20-21,25-31,59-60H,17-19,22-24H2,1-3H3,(H,50,61)(H,53,62)/b15-11+. The number of carbonyl (C=O) groups is 2. The Balaban J connectivity index is 0.898. The lowest BCUT2D eigenvalue weighted by Crippen LogP contribution is -2.41. The topological polar surface area (TPSA) is 176 Å². The monoisotopic (exact) mass is 873 g/mol. The van der Waals surface area contributed by atoms with Crippen molar-refractivity contribution in [3.05, 3.63) is 132 Å². The first-order valence-corrected chi connectivity index (χ1v) is 22.1. The summed E-state index contributed by atoms with van der Waals surface area (Å²) in [5, 5.41) is 49.5. The van der Waals surface area contributed by atoms with Gasteiger partial charge in [-0.05, 0) is 122 Å². The number of rotatable bonds is 11. The molecule has 0 unspecified atom stereocenters. The number of aromatic hydroxyl groups is 3. The van der Waals surface area contributed by atoms with E-state index in [1.165, 1.54) is 27.1 Å². The third-order valence-corrected chi connectivity index (χ3v) is 12.9. The maximum Gasteiger partial charge on any atom is 0.345 e. The Kier molecular flexibility index (Phi) is 11.6. The zero-order chi connectivity index (χ0) is 44.5. The molecule has 14 nitrogen and oxygen atoms in total. The number of hydrogen-bond acceptors (Lipinski definition) is 10. The molecule has 1 aliphatic rings. The number of nitrogens with zero attached hydrogens (tertiary/aromatic N) is 8. The molecule has 4 N–H and O–H groups in total. The third kappa shape index (κ3) is 8.29. The van der Waals surface area contributed by atoms with Gasteiger partial charge in [0.05, 0.1) is 33.7 Å². The molecule has 0 saturated carbocycles. The van der Waals surface area contributed by atoms with Crippen LogP contribution in [0.4, 0.5) is 4.79 Å². The number of fused-ring (bicyclic) bond motifs is 2. The smallest absolute Gasteiger partial charge is 0.345 e. The van der Waals surface area contributed by atoms with E-state index in [0.29, 0.717) is 52.6 Å². The predicted molar refractivity (Wildman–Crippen MR) is 248 cm³/mol. The SMILES string of the molecule is CNC(=O)c1ccccc1Sc1ccc2c(/C=C/c3ccccn3)nn(C(=O)N3CCC(CCn4ccc5cc(-n6c(O)nnc6-c6cc(C(C)C)c(O)cc6O)ccc54)CC3)c2c1. The van der Waals surface area contributed by atoms with E-state index in [4.69, 9.17) is 5.10 Å². The van der Waals surface area contributed by atoms with E-state index >= 15 is 0 Å². The van der Waals surface area contributed by atoms with Crippen LogP contribution in [0.5, 0.6) is 17.5 Å². The number of pyridine rings is 1. The molecule has 0 aliphatic carbocycles. The summed E-state index contributed by atoms with van der Waals surface area (Å²) in [5.41, 5.74) is 5.36. The number of phenols is 2. The average molecular weight is 874 g/mol. The Morgan fingerprint density at radius 2 is 1.69 bits per heavy atom. The second-order valence-electron chi connectivity index (χ2n) is 16.2. The van der Waals surface area contributed by atoms with E-state index in [0.717, 1.165) is 57.6 Å². The quantitative estimate of drug-likeness (QED) is 0.0980. The van der Waals surface area contributed by atoms with Gasteiger partial charge in [-0.2, -0.15) is 9.78 Å². The second-order valence-corrected chi connectivity index (χ2v) is 17.4. The fourth-order valence-electron chi connectivity index (χ4n) is 8.41. The lowest BCUT2D eigenvalue weighted by molar-refractivity contribution is 0.0960. The molecule has 0 radical (unpaired) electrons. The molecule has 0 spiro atoms. The van der Waals surface area contributed by atoms with E-state index in [-0.39, 0.29) is 41.2 Å². The van der Waals surface area contributed by atoms with Crippen LogP contribution in [0.25, 0.3) is 51.0 Å². The molecule has 8 aromatic rings. The van der Waals surface area contributed by atoms with Crippen LogP contribution in [-0.2, 0) is 6.54 Å². The number of hydrogen-bond donors (Lipinski definition) is 4. The van der Waals surface area contributed by atoms with Gasteiger partial charge in [0.2, 0.25) is 0 Å². The number of amides is 2. The Bertz CT molecular complexity index is 3060. The van der Waals surface area contributed by atoms with Crippen molar-refractivity contribution >= 4 is 57.7 Å². The summed E-state index contributed by atoms with van der Waals surface area (Å²) < 4.78 is 5.23. The number of likely N-dealkylation sites (tertiary alicyclic amines) is 1. The van der Waals surface area contributed by atoms with Crippen molar-refractivity contribution in [2.75, 3.05) is 20.1 Å². The minimum absolute atomic E-state index is 0.00818. The van der Waals surface area contributed by atoms with Gasteiger partial charge in [-0.1, -0.05) is 48.9 Å². The van der Waals surface area contributed by atoms with Gasteiger partial charge in [0.1, 0.15) is 11.5 Å². The number of benzene rings is 4. The summed E-state index contributed by atoms with van der Waals surface area (Å²) in [7, 11) is 1.62. The van der Waals surface area contributed by atoms with Gasteiger partial charge in [-0.25, -0.2) is 9.36 Å². The fraction of sp³-hybridized carbons (Fsp3) is 0.224. The summed E-state index contributed by atoms with van der Waals surface area (Å²) in [6.07, 6.45) is 10.2. The normalized spacial score (nSPS) is 13.5. The van der Waals surface area contributed by atoms with Crippen LogP contribution in [-0.4, -0.2) is 86.4 Å². The Labute approximate surface area is 373 Å². The van der Waals surface area contributed by atoms with Crippen LogP contribution in [0.15, 0.2) is 119 Å². The van der Waals surface area contributed by atoms with Gasteiger partial charge in [-0.3, -0.25) is 9.78 Å². The van der Waals surface area contributed by atoms with Gasteiger partial charge in [0, 0.05) is 71.2 Å². The highest BCUT2D eigenvalue weighted by Gasteiger charge is 2.27. The number of nitrogens with one attached hydrogen (secondary N) is 1. The summed E-state index contributed by atoms with van der Waals surface area (Å²) >= 11 is 1.47. The molecule has 324 valence electrons. The van der Waals surface area contributed by atoms with Crippen molar-refractivity contribution in [1.29, 1.82) is 0 Å². The van der Waals surface area contributed by atoms with Gasteiger partial charge >= 0.3 is 12.0 Å². The van der Waals surface area contributed by atoms with Crippen molar-refractivity contribution in [2.45, 2.75) is 55.4 Å². The highest BCUT2D eigenvalue weighted by molar-refractivity contribution is 7.99. The van der Waals surface area contributed by atoms with Crippen molar-refractivity contribution in [3.8, 4) is 34.6 Å². The summed E-state index contributed by atoms with van der Waals surface area (Å²) in [4.78, 5) is 35.0. The highest BCUT2D eigenvalue weighted by atomic mass is 32.2. The van der Waals surface area contributed by atoms with E-state index in [2.05, 4.69) is 31.3 Å². The van der Waals surface area contributed by atoms with Crippen molar-refractivity contribution < 1.29 is 24.9 Å². The first-order chi connectivity index (χ1) is 31.1. The van der Waals surface area contributed by atoms with Crippen molar-refractivity contribution in [3.63, 3.8) is 0 Å². The lowest BCUT2D eigenvalue weighted by Gasteiger charge is -2.32. The van der Waals surface area contributed by atoms with Crippen LogP contribution in [0.1, 0.15) is 66.3 Å². The number of phenolic OH excluding ortho intramolecular Hbond substituents is 2. The van der Waals surface area contributed by atoms with E-state index < -0.39 is 0 Å². The first-order valence-electron chi connectivity index (χ1n) is 21.3. The van der Waals surface area contributed by atoms with Crippen molar-refractivity contribution in [2.24, 2.45) is 5.92 Å². The zero-order valence-corrected chi connectivity index (χ0v) is 36.4. The highest BCUT2D eigenvalue weighted by Crippen LogP contribution is 2.40. The molecular formula is C49H47N9O5S. The third-order valence-electron chi connectivity index (χ3n) is 11.9. The summed E-state index contributed by atoms with van der Waals surface area (Å²) in [6, 6.07) is 29.5. The van der Waals surface area contributed by atoms with E-state index in [1.807, 2.05) is 110 Å². The number of carbonyl (C=O) groups excluding carboxylic acids is 2. The molecule has 9 rings (SSSR count). The molecule has 1 fully saturated rings. The van der Waals surface area contributed by atoms with E-state index in [9.17, 15) is 24.9 Å². The van der Waals surface area contributed by atoms with Crippen molar-refractivity contribution in [1.82, 2.24) is 44.3 Å². The Morgan fingerprint density at radius 3 is 2.47 bits per heavy atom. The molecular weight excluding hydrogens is 827 g/mol. The predicted octanol–water partition coefficient (Wildman–Crippen LogP) is 9.33. The minimum atomic E-state index is -0.319. The molecule has 0 atom stereocenters. The molecule has 4 aromatic carbocycles. The second kappa shape index (κ2) is 17.8. The fourth-order valence-corrected chi connectivity index (χ4v) is 9.39. The summed E-state index contributed by atoms with van der Waals surface area (Å²) in [6.45, 7) is 5.89. The molecule has 4 aromatic heterocycles. The molecule has 15 heteroatoms. The molecule has 2 amide bonds. The maximum absolute atomic E-state index is 14.3. The average Bonchev–Trinajstić information content (AvgIpc) is 4.01. The molecule has 1 aliphatic heterocycles. The minimum Gasteiger partial charge on any atom is -0.508 e. The van der Waals surface area contributed by atoms with Crippen LogP contribution < -0.4 is 5.32 Å². The largest absolute Gasteiger partial charge is 0.508 e. The van der Waals surface area contributed by atoms with Crippen LogP contribution in [0, 0.1) is 5.92 Å². The van der Waals surface area contributed by atoms with Gasteiger partial charge in [0.25, 0.3) is 5.91 Å².